The van der Waals surface area contributed by atoms with Crippen LogP contribution in [0.3, 0.4) is 0 Å². The molecule has 3 atom stereocenters. The van der Waals surface area contributed by atoms with Crippen molar-refractivity contribution >= 4 is 23.2 Å². The number of fused-ring (bicyclic) bond motifs is 1. The molecule has 0 N–H and O–H groups in total. The lowest BCUT2D eigenvalue weighted by Crippen LogP contribution is -2.37. The zero-order valence-corrected chi connectivity index (χ0v) is 20.1. The van der Waals surface area contributed by atoms with Crippen LogP contribution in [0.25, 0.3) is 0 Å². The van der Waals surface area contributed by atoms with E-state index in [0.717, 1.165) is 16.9 Å². The van der Waals surface area contributed by atoms with Crippen LogP contribution in [0.4, 0.5) is 15.8 Å². The molecular formula is C28H27FN2O5. The van der Waals surface area contributed by atoms with Crippen LogP contribution in [0, 0.1) is 11.7 Å². The number of hydrogen-bond acceptors (Lipinski definition) is 6. The normalized spacial score (nSPS) is 21.1. The summed E-state index contributed by atoms with van der Waals surface area (Å²) in [6.45, 7) is 4.87. The Hall–Kier alpha value is -3.91. The molecule has 2 fully saturated rings. The number of amides is 2. The van der Waals surface area contributed by atoms with E-state index in [9.17, 15) is 14.0 Å². The quantitative estimate of drug-likeness (QED) is 0.411. The van der Waals surface area contributed by atoms with E-state index >= 15 is 0 Å². The molecule has 5 rings (SSSR count). The van der Waals surface area contributed by atoms with Crippen molar-refractivity contribution in [2.45, 2.75) is 32.4 Å². The Morgan fingerprint density at radius 2 is 1.64 bits per heavy atom. The van der Waals surface area contributed by atoms with Gasteiger partial charge in [-0.2, -0.15) is 0 Å². The number of halogens is 1. The number of anilines is 2. The van der Waals surface area contributed by atoms with Crippen LogP contribution in [0.15, 0.2) is 72.8 Å². The first kappa shape index (κ1) is 23.8. The summed E-state index contributed by atoms with van der Waals surface area (Å²) in [7, 11) is 0. The number of nitrogens with zero attached hydrogens (tertiary/aromatic N) is 2. The summed E-state index contributed by atoms with van der Waals surface area (Å²) in [4.78, 5) is 34.1. The Labute approximate surface area is 208 Å². The first-order valence-electron chi connectivity index (χ1n) is 12.1. The van der Waals surface area contributed by atoms with Gasteiger partial charge in [0.2, 0.25) is 5.91 Å². The number of hydroxylamine groups is 1. The SMILES string of the molecule is CCCOc1ccc([C@H]2[C@@H]3C(=O)N(c4ccccc4F)C(=O)[C@H]3ON2c2ccccc2)cc1OCC. The number of hydrogen-bond donors (Lipinski definition) is 0. The molecule has 0 aromatic heterocycles. The lowest BCUT2D eigenvalue weighted by atomic mass is 9.90. The van der Waals surface area contributed by atoms with Crippen molar-refractivity contribution in [3.05, 3.63) is 84.2 Å². The molecule has 0 aliphatic carbocycles. The minimum Gasteiger partial charge on any atom is -0.490 e. The molecule has 36 heavy (non-hydrogen) atoms. The topological polar surface area (TPSA) is 68.3 Å². The minimum absolute atomic E-state index is 0.0752. The maximum Gasteiger partial charge on any atom is 0.266 e. The second kappa shape index (κ2) is 9.99. The standard InChI is InChI=1S/C28H27FN2O5/c1-3-16-35-22-15-14-18(17-23(22)34-4-2)25-24-26(36-31(25)19-10-6-5-7-11-19)28(33)30(27(24)32)21-13-9-8-12-20(21)29/h5-15,17,24-26H,3-4,16H2,1-2H3/t24-,25-,26-/m0/s1. The van der Waals surface area contributed by atoms with E-state index in [1.807, 2.05) is 62.4 Å². The van der Waals surface area contributed by atoms with Crippen molar-refractivity contribution < 1.29 is 28.3 Å². The van der Waals surface area contributed by atoms with E-state index in [1.54, 1.807) is 11.1 Å². The summed E-state index contributed by atoms with van der Waals surface area (Å²) in [6.07, 6.45) is -0.244. The zero-order chi connectivity index (χ0) is 25.2. The van der Waals surface area contributed by atoms with Crippen LogP contribution >= 0.6 is 0 Å². The summed E-state index contributed by atoms with van der Waals surface area (Å²) < 4.78 is 26.3. The zero-order valence-electron chi connectivity index (χ0n) is 20.1. The third-order valence-corrected chi connectivity index (χ3v) is 6.29. The predicted molar refractivity (Wildman–Crippen MR) is 132 cm³/mol. The predicted octanol–water partition coefficient (Wildman–Crippen LogP) is 5.06. The van der Waals surface area contributed by atoms with Crippen LogP contribution in [-0.4, -0.2) is 31.1 Å². The molecule has 186 valence electrons. The van der Waals surface area contributed by atoms with Crippen molar-refractivity contribution in [1.29, 1.82) is 0 Å². The van der Waals surface area contributed by atoms with Crippen molar-refractivity contribution in [2.75, 3.05) is 23.2 Å². The van der Waals surface area contributed by atoms with Gasteiger partial charge >= 0.3 is 0 Å². The molecule has 0 radical (unpaired) electrons. The molecule has 2 amide bonds. The number of ether oxygens (including phenoxy) is 2. The van der Waals surface area contributed by atoms with Crippen LogP contribution < -0.4 is 19.4 Å². The molecule has 3 aromatic carbocycles. The van der Waals surface area contributed by atoms with Crippen LogP contribution in [0.5, 0.6) is 11.5 Å². The molecule has 0 unspecified atom stereocenters. The van der Waals surface area contributed by atoms with E-state index < -0.39 is 35.7 Å². The largest absolute Gasteiger partial charge is 0.490 e. The number of para-hydroxylation sites is 2. The van der Waals surface area contributed by atoms with Crippen LogP contribution in [-0.2, 0) is 14.4 Å². The second-order valence-corrected chi connectivity index (χ2v) is 8.61. The summed E-state index contributed by atoms with van der Waals surface area (Å²) in [5.74, 6) is -1.48. The average molecular weight is 491 g/mol. The molecule has 0 spiro atoms. The second-order valence-electron chi connectivity index (χ2n) is 8.61. The third kappa shape index (κ3) is 4.07. The van der Waals surface area contributed by atoms with E-state index in [1.165, 1.54) is 18.2 Å². The molecule has 0 bridgehead atoms. The maximum atomic E-state index is 14.6. The van der Waals surface area contributed by atoms with Gasteiger partial charge in [-0.15, -0.1) is 0 Å². The lowest BCUT2D eigenvalue weighted by Gasteiger charge is -2.29. The summed E-state index contributed by atoms with van der Waals surface area (Å²) >= 11 is 0. The Balaban J connectivity index is 1.59. The van der Waals surface area contributed by atoms with Gasteiger partial charge in [-0.3, -0.25) is 14.4 Å². The van der Waals surface area contributed by atoms with E-state index in [4.69, 9.17) is 14.3 Å². The average Bonchev–Trinajstić information content (AvgIpc) is 3.40. The number of carbonyl (C=O) groups is 2. The maximum absolute atomic E-state index is 14.6. The number of imide groups is 1. The Bertz CT molecular complexity index is 1270. The highest BCUT2D eigenvalue weighted by atomic mass is 19.1. The molecular weight excluding hydrogens is 463 g/mol. The summed E-state index contributed by atoms with van der Waals surface area (Å²) in [5, 5.41) is 1.60. The highest BCUT2D eigenvalue weighted by molar-refractivity contribution is 6.24. The first-order chi connectivity index (χ1) is 17.5. The van der Waals surface area contributed by atoms with Gasteiger partial charge in [0, 0.05) is 0 Å². The minimum atomic E-state index is -1.09. The van der Waals surface area contributed by atoms with E-state index in [2.05, 4.69) is 0 Å². The van der Waals surface area contributed by atoms with Gasteiger partial charge in [-0.05, 0) is 55.3 Å². The first-order valence-corrected chi connectivity index (χ1v) is 12.1. The van der Waals surface area contributed by atoms with Gasteiger partial charge in [0.15, 0.2) is 17.6 Å². The van der Waals surface area contributed by atoms with Crippen molar-refractivity contribution in [2.24, 2.45) is 5.92 Å². The number of rotatable bonds is 8. The fourth-order valence-corrected chi connectivity index (χ4v) is 4.73. The van der Waals surface area contributed by atoms with E-state index in [0.29, 0.717) is 30.4 Å². The fourth-order valence-electron chi connectivity index (χ4n) is 4.73. The highest BCUT2D eigenvalue weighted by Crippen LogP contribution is 2.49. The van der Waals surface area contributed by atoms with Gasteiger partial charge < -0.3 is 9.47 Å². The highest BCUT2D eigenvalue weighted by Gasteiger charge is 2.60. The number of benzene rings is 3. The van der Waals surface area contributed by atoms with Gasteiger partial charge in [0.1, 0.15) is 11.7 Å². The smallest absolute Gasteiger partial charge is 0.266 e. The molecule has 3 aromatic rings. The monoisotopic (exact) mass is 490 g/mol. The van der Waals surface area contributed by atoms with Crippen molar-refractivity contribution in [1.82, 2.24) is 0 Å². The third-order valence-electron chi connectivity index (χ3n) is 6.29. The molecule has 2 aliphatic heterocycles. The van der Waals surface area contributed by atoms with Gasteiger partial charge in [0.25, 0.3) is 5.91 Å². The van der Waals surface area contributed by atoms with Crippen LogP contribution in [0.1, 0.15) is 31.9 Å². The lowest BCUT2D eigenvalue weighted by molar-refractivity contribution is -0.126. The van der Waals surface area contributed by atoms with Gasteiger partial charge in [-0.25, -0.2) is 14.4 Å². The summed E-state index contributed by atoms with van der Waals surface area (Å²) in [6, 6.07) is 19.9. The molecule has 0 saturated carbocycles. The molecule has 7 nitrogen and oxygen atoms in total. The Kier molecular flexibility index (Phi) is 6.61. The molecule has 8 heteroatoms. The fraction of sp³-hybridized carbons (Fsp3) is 0.286. The van der Waals surface area contributed by atoms with Crippen molar-refractivity contribution in [3.63, 3.8) is 0 Å². The van der Waals surface area contributed by atoms with Crippen LogP contribution in [0.2, 0.25) is 0 Å². The van der Waals surface area contributed by atoms with Crippen molar-refractivity contribution in [3.8, 4) is 11.5 Å². The molecule has 2 saturated heterocycles. The Morgan fingerprint density at radius 1 is 0.889 bits per heavy atom. The molecule has 2 heterocycles. The summed E-state index contributed by atoms with van der Waals surface area (Å²) in [5.41, 5.74) is 1.34. The van der Waals surface area contributed by atoms with Gasteiger partial charge in [-0.1, -0.05) is 43.3 Å². The number of carbonyl (C=O) groups excluding carboxylic acids is 2. The molecule has 2 aliphatic rings. The Morgan fingerprint density at radius 3 is 2.36 bits per heavy atom. The van der Waals surface area contributed by atoms with Gasteiger partial charge in [0.05, 0.1) is 30.6 Å². The van der Waals surface area contributed by atoms with E-state index in [-0.39, 0.29) is 5.69 Å².